The zero-order chi connectivity index (χ0) is 10.7. The Morgan fingerprint density at radius 2 is 2.00 bits per heavy atom. The molecule has 0 unspecified atom stereocenters. The highest BCUT2D eigenvalue weighted by Crippen LogP contribution is 2.28. The number of benzene rings is 1. The average Bonchev–Trinajstić information content (AvgIpc) is 3.01. The van der Waals surface area contributed by atoms with Gasteiger partial charge < -0.3 is 0 Å². The van der Waals surface area contributed by atoms with E-state index in [2.05, 4.69) is 48.7 Å². The summed E-state index contributed by atoms with van der Waals surface area (Å²) in [7, 11) is 0. The first kappa shape index (κ1) is 10.4. The summed E-state index contributed by atoms with van der Waals surface area (Å²) >= 11 is 0. The third-order valence-corrected chi connectivity index (χ3v) is 2.76. The Morgan fingerprint density at radius 3 is 2.53 bits per heavy atom. The summed E-state index contributed by atoms with van der Waals surface area (Å²) in [6.07, 6.45) is 2.72. The highest BCUT2D eigenvalue weighted by atomic mass is 15.2. The first-order valence-electron chi connectivity index (χ1n) is 5.68. The Morgan fingerprint density at radius 1 is 1.33 bits per heavy atom. The minimum atomic E-state index is 0.807. The first-order valence-corrected chi connectivity index (χ1v) is 5.68. The molecular weight excluding hydrogens is 182 g/mol. The molecule has 0 bridgehead atoms. The van der Waals surface area contributed by atoms with Gasteiger partial charge in [0, 0.05) is 19.1 Å². The maximum atomic E-state index is 4.01. The van der Waals surface area contributed by atoms with Crippen LogP contribution in [-0.2, 0) is 6.54 Å². The molecule has 0 radical (unpaired) electrons. The molecule has 1 fully saturated rings. The number of hydrogen-bond donors (Lipinski definition) is 0. The first-order chi connectivity index (χ1) is 7.25. The lowest BCUT2D eigenvalue weighted by molar-refractivity contribution is 0.277. The van der Waals surface area contributed by atoms with Crippen LogP contribution in [0.5, 0.6) is 0 Å². The standard InChI is InChI=1S/C14H19N/c1-12(2)10-15(14-8-9-14)11-13-6-4-3-5-7-13/h3-7,14H,1,8-11H2,2H3. The maximum Gasteiger partial charge on any atom is 0.0240 e. The van der Waals surface area contributed by atoms with Crippen LogP contribution in [0.15, 0.2) is 42.5 Å². The van der Waals surface area contributed by atoms with E-state index in [0.717, 1.165) is 19.1 Å². The van der Waals surface area contributed by atoms with Gasteiger partial charge >= 0.3 is 0 Å². The molecule has 15 heavy (non-hydrogen) atoms. The van der Waals surface area contributed by atoms with Crippen molar-refractivity contribution in [3.63, 3.8) is 0 Å². The molecule has 0 spiro atoms. The number of nitrogens with zero attached hydrogens (tertiary/aromatic N) is 1. The topological polar surface area (TPSA) is 3.24 Å². The van der Waals surface area contributed by atoms with Crippen molar-refractivity contribution in [1.29, 1.82) is 0 Å². The lowest BCUT2D eigenvalue weighted by Gasteiger charge is -2.22. The molecule has 0 saturated heterocycles. The Bertz CT molecular complexity index is 324. The van der Waals surface area contributed by atoms with Crippen molar-refractivity contribution in [3.05, 3.63) is 48.0 Å². The van der Waals surface area contributed by atoms with Crippen LogP contribution in [0.4, 0.5) is 0 Å². The van der Waals surface area contributed by atoms with Gasteiger partial charge in [0.15, 0.2) is 0 Å². The van der Waals surface area contributed by atoms with Gasteiger partial charge in [-0.05, 0) is 25.3 Å². The molecule has 1 aromatic carbocycles. The second-order valence-electron chi connectivity index (χ2n) is 4.58. The smallest absolute Gasteiger partial charge is 0.0240 e. The lowest BCUT2D eigenvalue weighted by Crippen LogP contribution is -2.27. The van der Waals surface area contributed by atoms with Crippen LogP contribution in [0.25, 0.3) is 0 Å². The van der Waals surface area contributed by atoms with Gasteiger partial charge in [0.05, 0.1) is 0 Å². The van der Waals surface area contributed by atoms with E-state index in [4.69, 9.17) is 0 Å². The number of rotatable bonds is 5. The summed E-state index contributed by atoms with van der Waals surface area (Å²) in [5.41, 5.74) is 2.67. The van der Waals surface area contributed by atoms with Crippen molar-refractivity contribution >= 4 is 0 Å². The molecule has 0 heterocycles. The fraction of sp³-hybridized carbons (Fsp3) is 0.429. The lowest BCUT2D eigenvalue weighted by atomic mass is 10.2. The summed E-state index contributed by atoms with van der Waals surface area (Å²) in [5.74, 6) is 0. The van der Waals surface area contributed by atoms with Crippen LogP contribution in [-0.4, -0.2) is 17.5 Å². The van der Waals surface area contributed by atoms with Crippen molar-refractivity contribution < 1.29 is 0 Å². The van der Waals surface area contributed by atoms with Crippen LogP contribution in [0.1, 0.15) is 25.3 Å². The van der Waals surface area contributed by atoms with Crippen molar-refractivity contribution in [2.75, 3.05) is 6.54 Å². The highest BCUT2D eigenvalue weighted by Gasteiger charge is 2.28. The van der Waals surface area contributed by atoms with E-state index in [1.54, 1.807) is 0 Å². The fourth-order valence-electron chi connectivity index (χ4n) is 1.92. The zero-order valence-electron chi connectivity index (χ0n) is 9.45. The molecule has 1 aromatic rings. The van der Waals surface area contributed by atoms with E-state index in [-0.39, 0.29) is 0 Å². The van der Waals surface area contributed by atoms with Gasteiger partial charge in [0.25, 0.3) is 0 Å². The van der Waals surface area contributed by atoms with Gasteiger partial charge in [-0.1, -0.05) is 42.5 Å². The molecule has 1 aliphatic rings. The van der Waals surface area contributed by atoms with Crippen molar-refractivity contribution in [1.82, 2.24) is 4.90 Å². The molecule has 1 nitrogen and oxygen atoms in total. The predicted molar refractivity (Wildman–Crippen MR) is 64.7 cm³/mol. The highest BCUT2D eigenvalue weighted by molar-refractivity contribution is 5.15. The SMILES string of the molecule is C=C(C)CN(Cc1ccccc1)C1CC1. The molecule has 0 aliphatic heterocycles. The fourth-order valence-corrected chi connectivity index (χ4v) is 1.92. The third-order valence-electron chi connectivity index (χ3n) is 2.76. The molecule has 0 N–H and O–H groups in total. The summed E-state index contributed by atoms with van der Waals surface area (Å²) in [5, 5.41) is 0. The van der Waals surface area contributed by atoms with Crippen LogP contribution in [0, 0.1) is 0 Å². The van der Waals surface area contributed by atoms with Crippen molar-refractivity contribution in [2.24, 2.45) is 0 Å². The molecule has 80 valence electrons. The molecule has 1 aliphatic carbocycles. The molecule has 1 heteroatoms. The number of hydrogen-bond acceptors (Lipinski definition) is 1. The minimum absolute atomic E-state index is 0.807. The van der Waals surface area contributed by atoms with Crippen LogP contribution >= 0.6 is 0 Å². The summed E-state index contributed by atoms with van der Waals surface area (Å²) in [6, 6.07) is 11.5. The second-order valence-corrected chi connectivity index (χ2v) is 4.58. The van der Waals surface area contributed by atoms with Crippen LogP contribution in [0.3, 0.4) is 0 Å². The van der Waals surface area contributed by atoms with Crippen LogP contribution in [0.2, 0.25) is 0 Å². The molecule has 0 aromatic heterocycles. The van der Waals surface area contributed by atoms with Gasteiger partial charge in [-0.15, -0.1) is 0 Å². The second kappa shape index (κ2) is 4.63. The Kier molecular flexibility index (Phi) is 3.22. The molecule has 2 rings (SSSR count). The van der Waals surface area contributed by atoms with Crippen molar-refractivity contribution in [2.45, 2.75) is 32.4 Å². The van der Waals surface area contributed by atoms with Gasteiger partial charge in [-0.25, -0.2) is 0 Å². The molecular formula is C14H19N. The normalized spacial score (nSPS) is 15.6. The van der Waals surface area contributed by atoms with E-state index in [1.807, 2.05) is 0 Å². The summed E-state index contributed by atoms with van der Waals surface area (Å²) < 4.78 is 0. The van der Waals surface area contributed by atoms with Gasteiger partial charge in [-0.3, -0.25) is 4.90 Å². The Hall–Kier alpha value is -1.08. The summed E-state index contributed by atoms with van der Waals surface area (Å²) in [4.78, 5) is 2.54. The van der Waals surface area contributed by atoms with Gasteiger partial charge in [0.2, 0.25) is 0 Å². The predicted octanol–water partition coefficient (Wildman–Crippen LogP) is 3.23. The monoisotopic (exact) mass is 201 g/mol. The van der Waals surface area contributed by atoms with Gasteiger partial charge in [0.1, 0.15) is 0 Å². The summed E-state index contributed by atoms with van der Waals surface area (Å²) in [6.45, 7) is 8.23. The zero-order valence-corrected chi connectivity index (χ0v) is 9.45. The van der Waals surface area contributed by atoms with E-state index in [9.17, 15) is 0 Å². The average molecular weight is 201 g/mol. The van der Waals surface area contributed by atoms with E-state index in [1.165, 1.54) is 24.0 Å². The minimum Gasteiger partial charge on any atom is -0.292 e. The Balaban J connectivity index is 1.97. The van der Waals surface area contributed by atoms with Crippen molar-refractivity contribution in [3.8, 4) is 0 Å². The quantitative estimate of drug-likeness (QED) is 0.661. The van der Waals surface area contributed by atoms with Gasteiger partial charge in [-0.2, -0.15) is 0 Å². The Labute approximate surface area is 92.4 Å². The maximum absolute atomic E-state index is 4.01. The van der Waals surface area contributed by atoms with E-state index in [0.29, 0.717) is 0 Å². The largest absolute Gasteiger partial charge is 0.292 e. The molecule has 1 saturated carbocycles. The van der Waals surface area contributed by atoms with E-state index >= 15 is 0 Å². The third kappa shape index (κ3) is 3.21. The molecule has 0 atom stereocenters. The molecule has 0 amide bonds. The van der Waals surface area contributed by atoms with Crippen LogP contribution < -0.4 is 0 Å². The van der Waals surface area contributed by atoms with E-state index < -0.39 is 0 Å².